The van der Waals surface area contributed by atoms with Crippen molar-refractivity contribution in [1.82, 2.24) is 10.6 Å². The second-order valence-electron chi connectivity index (χ2n) is 4.88. The zero-order valence-corrected chi connectivity index (χ0v) is 14.3. The third-order valence-electron chi connectivity index (χ3n) is 3.22. The van der Waals surface area contributed by atoms with E-state index in [9.17, 15) is 9.59 Å². The standard InChI is InChI=1S/C16H17BrN2O4/c1-10(19-16(21)11-5-6-23-9-11)15(20)18-8-12-7-13(17)3-4-14(12)22-2/h3-7,9-10H,8H2,1-2H3,(H,18,20)(H,19,21). The Morgan fingerprint density at radius 2 is 2.13 bits per heavy atom. The minimum Gasteiger partial charge on any atom is -0.496 e. The maximum Gasteiger partial charge on any atom is 0.255 e. The van der Waals surface area contributed by atoms with Crippen LogP contribution in [-0.4, -0.2) is 25.0 Å². The Morgan fingerprint density at radius 1 is 1.35 bits per heavy atom. The average Bonchev–Trinajstić information content (AvgIpc) is 3.07. The Labute approximate surface area is 142 Å². The van der Waals surface area contributed by atoms with E-state index in [1.54, 1.807) is 14.0 Å². The van der Waals surface area contributed by atoms with Crippen LogP contribution in [0.25, 0.3) is 0 Å². The number of methoxy groups -OCH3 is 1. The fourth-order valence-corrected chi connectivity index (χ4v) is 2.37. The van der Waals surface area contributed by atoms with Crippen molar-refractivity contribution in [2.75, 3.05) is 7.11 Å². The molecular formula is C16H17BrN2O4. The van der Waals surface area contributed by atoms with Gasteiger partial charge >= 0.3 is 0 Å². The monoisotopic (exact) mass is 380 g/mol. The first-order valence-corrected chi connectivity index (χ1v) is 7.73. The largest absolute Gasteiger partial charge is 0.496 e. The van der Waals surface area contributed by atoms with Crippen LogP contribution in [0.1, 0.15) is 22.8 Å². The summed E-state index contributed by atoms with van der Waals surface area (Å²) in [6, 6.07) is 6.41. The van der Waals surface area contributed by atoms with Crippen molar-refractivity contribution in [3.05, 3.63) is 52.4 Å². The molecule has 1 heterocycles. The van der Waals surface area contributed by atoms with Gasteiger partial charge in [-0.25, -0.2) is 0 Å². The lowest BCUT2D eigenvalue weighted by Crippen LogP contribution is -2.44. The molecule has 1 unspecified atom stereocenters. The van der Waals surface area contributed by atoms with E-state index in [1.807, 2.05) is 18.2 Å². The first-order chi connectivity index (χ1) is 11.0. The SMILES string of the molecule is COc1ccc(Br)cc1CNC(=O)C(C)NC(=O)c1ccoc1. The van der Waals surface area contributed by atoms with Gasteiger partial charge in [-0.2, -0.15) is 0 Å². The van der Waals surface area contributed by atoms with Gasteiger partial charge in [0.2, 0.25) is 5.91 Å². The highest BCUT2D eigenvalue weighted by molar-refractivity contribution is 9.10. The van der Waals surface area contributed by atoms with E-state index >= 15 is 0 Å². The minimum absolute atomic E-state index is 0.288. The third-order valence-corrected chi connectivity index (χ3v) is 3.71. The molecule has 6 nitrogen and oxygen atoms in total. The molecule has 0 aliphatic carbocycles. The molecule has 2 amide bonds. The first-order valence-electron chi connectivity index (χ1n) is 6.94. The zero-order valence-electron chi connectivity index (χ0n) is 12.8. The number of benzene rings is 1. The van der Waals surface area contributed by atoms with Crippen LogP contribution in [0.3, 0.4) is 0 Å². The highest BCUT2D eigenvalue weighted by atomic mass is 79.9. The van der Waals surface area contributed by atoms with Crippen LogP contribution in [0, 0.1) is 0 Å². The van der Waals surface area contributed by atoms with Crippen LogP contribution >= 0.6 is 15.9 Å². The van der Waals surface area contributed by atoms with Crippen LogP contribution in [0.5, 0.6) is 5.75 Å². The van der Waals surface area contributed by atoms with Crippen molar-refractivity contribution in [2.24, 2.45) is 0 Å². The van der Waals surface area contributed by atoms with Gasteiger partial charge < -0.3 is 19.8 Å². The number of hydrogen-bond donors (Lipinski definition) is 2. The van der Waals surface area contributed by atoms with Crippen molar-refractivity contribution in [3.63, 3.8) is 0 Å². The summed E-state index contributed by atoms with van der Waals surface area (Å²) in [7, 11) is 1.57. The highest BCUT2D eigenvalue weighted by Gasteiger charge is 2.17. The first kappa shape index (κ1) is 17.1. The minimum atomic E-state index is -0.671. The second kappa shape index (κ2) is 7.82. The van der Waals surface area contributed by atoms with Gasteiger partial charge in [-0.1, -0.05) is 15.9 Å². The van der Waals surface area contributed by atoms with E-state index < -0.39 is 6.04 Å². The predicted molar refractivity (Wildman–Crippen MR) is 88.2 cm³/mol. The Balaban J connectivity index is 1.91. The molecule has 23 heavy (non-hydrogen) atoms. The molecular weight excluding hydrogens is 364 g/mol. The Hall–Kier alpha value is -2.28. The summed E-state index contributed by atoms with van der Waals surface area (Å²) in [5, 5.41) is 5.38. The Bertz CT molecular complexity index is 685. The van der Waals surface area contributed by atoms with Gasteiger partial charge in [-0.3, -0.25) is 9.59 Å². The van der Waals surface area contributed by atoms with Gasteiger partial charge in [0.1, 0.15) is 18.1 Å². The predicted octanol–water partition coefficient (Wildman–Crippen LogP) is 2.49. The maximum atomic E-state index is 12.1. The molecule has 1 aromatic carbocycles. The highest BCUT2D eigenvalue weighted by Crippen LogP contribution is 2.22. The van der Waals surface area contributed by atoms with E-state index in [0.29, 0.717) is 17.9 Å². The molecule has 0 saturated carbocycles. The zero-order chi connectivity index (χ0) is 16.8. The summed E-state index contributed by atoms with van der Waals surface area (Å²) in [5.74, 6) is 0.0360. The quantitative estimate of drug-likeness (QED) is 0.806. The van der Waals surface area contributed by atoms with Crippen molar-refractivity contribution in [3.8, 4) is 5.75 Å². The normalized spacial score (nSPS) is 11.6. The molecule has 122 valence electrons. The number of amides is 2. The number of nitrogens with one attached hydrogen (secondary N) is 2. The van der Waals surface area contributed by atoms with E-state index in [2.05, 4.69) is 26.6 Å². The molecule has 2 N–H and O–H groups in total. The molecule has 1 atom stereocenters. The Kier molecular flexibility index (Phi) is 5.81. The van der Waals surface area contributed by atoms with Gasteiger partial charge in [0.25, 0.3) is 5.91 Å². The molecule has 0 saturated heterocycles. The van der Waals surface area contributed by atoms with E-state index in [-0.39, 0.29) is 11.8 Å². The van der Waals surface area contributed by atoms with Crippen molar-refractivity contribution < 1.29 is 18.7 Å². The van der Waals surface area contributed by atoms with Crippen LogP contribution < -0.4 is 15.4 Å². The molecule has 0 spiro atoms. The number of halogens is 1. The molecule has 2 rings (SSSR count). The molecule has 1 aromatic heterocycles. The Morgan fingerprint density at radius 3 is 2.78 bits per heavy atom. The van der Waals surface area contributed by atoms with Gasteiger partial charge in [0, 0.05) is 16.6 Å². The van der Waals surface area contributed by atoms with Crippen molar-refractivity contribution in [2.45, 2.75) is 19.5 Å². The van der Waals surface area contributed by atoms with Crippen LogP contribution in [0.4, 0.5) is 0 Å². The topological polar surface area (TPSA) is 80.6 Å². The molecule has 7 heteroatoms. The lowest BCUT2D eigenvalue weighted by molar-refractivity contribution is -0.122. The number of ether oxygens (including phenoxy) is 1. The summed E-state index contributed by atoms with van der Waals surface area (Å²) in [6.45, 7) is 1.92. The number of carbonyl (C=O) groups excluding carboxylic acids is 2. The summed E-state index contributed by atoms with van der Waals surface area (Å²) >= 11 is 3.38. The lowest BCUT2D eigenvalue weighted by Gasteiger charge is -2.15. The molecule has 2 aromatic rings. The molecule has 0 bridgehead atoms. The molecule has 0 radical (unpaired) electrons. The number of rotatable bonds is 6. The summed E-state index contributed by atoms with van der Waals surface area (Å²) in [5.41, 5.74) is 1.21. The van der Waals surface area contributed by atoms with Gasteiger partial charge in [0.05, 0.1) is 18.9 Å². The average molecular weight is 381 g/mol. The van der Waals surface area contributed by atoms with E-state index in [4.69, 9.17) is 9.15 Å². The van der Waals surface area contributed by atoms with Gasteiger partial charge in [-0.05, 0) is 31.2 Å². The van der Waals surface area contributed by atoms with Crippen LogP contribution in [-0.2, 0) is 11.3 Å². The van der Waals surface area contributed by atoms with Crippen LogP contribution in [0.2, 0.25) is 0 Å². The van der Waals surface area contributed by atoms with Gasteiger partial charge in [-0.15, -0.1) is 0 Å². The molecule has 0 aliphatic rings. The number of furan rings is 1. The summed E-state index contributed by atoms with van der Waals surface area (Å²) in [6.07, 6.45) is 2.73. The maximum absolute atomic E-state index is 12.1. The van der Waals surface area contributed by atoms with Crippen molar-refractivity contribution >= 4 is 27.7 Å². The lowest BCUT2D eigenvalue weighted by atomic mass is 10.2. The van der Waals surface area contributed by atoms with Crippen LogP contribution in [0.15, 0.2) is 45.7 Å². The molecule has 0 aliphatic heterocycles. The van der Waals surface area contributed by atoms with Gasteiger partial charge in [0.15, 0.2) is 0 Å². The fourth-order valence-electron chi connectivity index (χ4n) is 1.96. The summed E-state index contributed by atoms with van der Waals surface area (Å²) < 4.78 is 11.0. The number of carbonyl (C=O) groups is 2. The van der Waals surface area contributed by atoms with E-state index in [1.165, 1.54) is 18.6 Å². The second-order valence-corrected chi connectivity index (χ2v) is 5.80. The smallest absolute Gasteiger partial charge is 0.255 e. The van der Waals surface area contributed by atoms with E-state index in [0.717, 1.165) is 10.0 Å². The molecule has 0 fully saturated rings. The summed E-state index contributed by atoms with van der Waals surface area (Å²) in [4.78, 5) is 24.0. The third kappa shape index (κ3) is 4.59. The van der Waals surface area contributed by atoms with Crippen molar-refractivity contribution in [1.29, 1.82) is 0 Å². The fraction of sp³-hybridized carbons (Fsp3) is 0.250. The number of hydrogen-bond acceptors (Lipinski definition) is 4.